The van der Waals surface area contributed by atoms with Crippen molar-refractivity contribution in [3.63, 3.8) is 0 Å². The number of benzene rings is 3. The molecule has 0 heterocycles. The fourth-order valence-corrected chi connectivity index (χ4v) is 3.33. The Morgan fingerprint density at radius 2 is 1.68 bits per heavy atom. The van der Waals surface area contributed by atoms with E-state index in [1.165, 1.54) is 30.0 Å². The van der Waals surface area contributed by atoms with E-state index in [0.29, 0.717) is 10.6 Å². The Morgan fingerprint density at radius 3 is 2.32 bits per heavy atom. The molecule has 3 rings (SSSR count). The number of carbonyl (C=O) groups excluding carboxylic acids is 1. The summed E-state index contributed by atoms with van der Waals surface area (Å²) in [6.45, 7) is 0. The summed E-state index contributed by atoms with van der Waals surface area (Å²) in [5.74, 6) is -0.721. The maximum absolute atomic E-state index is 13.1. The molecule has 0 saturated heterocycles. The number of anilines is 2. The lowest BCUT2D eigenvalue weighted by Crippen LogP contribution is -2.18. The van der Waals surface area contributed by atoms with E-state index in [2.05, 4.69) is 5.32 Å². The van der Waals surface area contributed by atoms with Crippen molar-refractivity contribution in [2.75, 3.05) is 11.1 Å². The third-order valence-corrected chi connectivity index (χ3v) is 4.91. The monoisotopic (exact) mass is 404 g/mol. The number of nitrogens with two attached hydrogens (primary N) is 1. The number of alkyl halides is 3. The Bertz CT molecular complexity index is 1010. The molecule has 4 nitrogen and oxygen atoms in total. The molecule has 0 aliphatic carbocycles. The minimum atomic E-state index is -4.63. The molecule has 144 valence electrons. The molecule has 0 saturated carbocycles. The normalized spacial score (nSPS) is 11.2. The summed E-state index contributed by atoms with van der Waals surface area (Å²) < 4.78 is 39.2. The van der Waals surface area contributed by atoms with Gasteiger partial charge in [0.15, 0.2) is 0 Å². The van der Waals surface area contributed by atoms with E-state index >= 15 is 0 Å². The second kappa shape index (κ2) is 7.85. The summed E-state index contributed by atoms with van der Waals surface area (Å²) in [7, 11) is 0. The van der Waals surface area contributed by atoms with E-state index < -0.39 is 23.2 Å². The zero-order chi connectivity index (χ0) is 20.3. The van der Waals surface area contributed by atoms with Gasteiger partial charge in [-0.15, -0.1) is 0 Å². The largest absolute Gasteiger partial charge is 0.508 e. The molecule has 3 aromatic rings. The lowest BCUT2D eigenvalue weighted by atomic mass is 10.1. The number of rotatable bonds is 4. The summed E-state index contributed by atoms with van der Waals surface area (Å²) >= 11 is 1.36. The number of aromatic hydroxyl groups is 1. The number of carbonyl (C=O) groups is 1. The molecule has 0 spiro atoms. The van der Waals surface area contributed by atoms with E-state index in [-0.39, 0.29) is 11.4 Å². The minimum absolute atomic E-state index is 0.148. The third kappa shape index (κ3) is 4.58. The Balaban J connectivity index is 1.78. The predicted octanol–water partition coefficient (Wildman–Crippen LogP) is 5.40. The van der Waals surface area contributed by atoms with Crippen molar-refractivity contribution in [2.45, 2.75) is 16.0 Å². The molecule has 0 fully saturated rings. The van der Waals surface area contributed by atoms with Crippen molar-refractivity contribution in [3.8, 4) is 5.75 Å². The van der Waals surface area contributed by atoms with Gasteiger partial charge in [0.1, 0.15) is 5.75 Å². The van der Waals surface area contributed by atoms with Crippen LogP contribution in [0.1, 0.15) is 15.9 Å². The summed E-state index contributed by atoms with van der Waals surface area (Å²) in [5, 5.41) is 11.8. The first-order valence-corrected chi connectivity index (χ1v) is 8.89. The van der Waals surface area contributed by atoms with Crippen LogP contribution in [0.15, 0.2) is 76.5 Å². The fourth-order valence-electron chi connectivity index (χ4n) is 2.49. The standard InChI is InChI=1S/C20H15F3N2O2S/c21-20(22,23)16-4-2-1-3-15(16)19(27)25-12-5-10-18(17(24)11-12)28-14-8-6-13(26)7-9-14/h1-11,26H,24H2,(H,25,27). The summed E-state index contributed by atoms with van der Waals surface area (Å²) in [4.78, 5) is 13.9. The quantitative estimate of drug-likeness (QED) is 0.509. The highest BCUT2D eigenvalue weighted by atomic mass is 32.2. The lowest BCUT2D eigenvalue weighted by molar-refractivity contribution is -0.137. The second-order valence-electron chi connectivity index (χ2n) is 5.85. The van der Waals surface area contributed by atoms with Gasteiger partial charge >= 0.3 is 6.18 Å². The van der Waals surface area contributed by atoms with Crippen LogP contribution in [0.2, 0.25) is 0 Å². The van der Waals surface area contributed by atoms with Crippen LogP contribution in [0.4, 0.5) is 24.5 Å². The number of amides is 1. The average Bonchev–Trinajstić information content (AvgIpc) is 2.65. The highest BCUT2D eigenvalue weighted by Gasteiger charge is 2.34. The van der Waals surface area contributed by atoms with E-state index in [9.17, 15) is 23.1 Å². The number of hydrogen-bond acceptors (Lipinski definition) is 4. The van der Waals surface area contributed by atoms with Gasteiger partial charge in [-0.3, -0.25) is 4.79 Å². The van der Waals surface area contributed by atoms with Gasteiger partial charge in [0.2, 0.25) is 0 Å². The van der Waals surface area contributed by atoms with Crippen LogP contribution in [-0.4, -0.2) is 11.0 Å². The molecule has 0 unspecified atom stereocenters. The zero-order valence-electron chi connectivity index (χ0n) is 14.3. The van der Waals surface area contributed by atoms with Gasteiger partial charge in [-0.25, -0.2) is 0 Å². The van der Waals surface area contributed by atoms with E-state index in [1.54, 1.807) is 36.4 Å². The minimum Gasteiger partial charge on any atom is -0.508 e. The van der Waals surface area contributed by atoms with Gasteiger partial charge in [-0.2, -0.15) is 13.2 Å². The molecule has 4 N–H and O–H groups in total. The SMILES string of the molecule is Nc1cc(NC(=O)c2ccccc2C(F)(F)F)ccc1Sc1ccc(O)cc1. The van der Waals surface area contributed by atoms with Crippen molar-refractivity contribution in [3.05, 3.63) is 77.9 Å². The zero-order valence-corrected chi connectivity index (χ0v) is 15.1. The number of phenols is 1. The van der Waals surface area contributed by atoms with E-state index in [4.69, 9.17) is 5.73 Å². The molecular weight excluding hydrogens is 389 g/mol. The van der Waals surface area contributed by atoms with Crippen LogP contribution < -0.4 is 11.1 Å². The van der Waals surface area contributed by atoms with Gasteiger partial charge in [0.25, 0.3) is 5.91 Å². The topological polar surface area (TPSA) is 75.3 Å². The number of nitrogens with one attached hydrogen (secondary N) is 1. The van der Waals surface area contributed by atoms with Crippen molar-refractivity contribution < 1.29 is 23.1 Å². The van der Waals surface area contributed by atoms with Crippen LogP contribution >= 0.6 is 11.8 Å². The molecule has 0 aromatic heterocycles. The number of hydrogen-bond donors (Lipinski definition) is 3. The molecule has 8 heteroatoms. The first-order chi connectivity index (χ1) is 13.2. The van der Waals surface area contributed by atoms with Crippen LogP contribution in [0, 0.1) is 0 Å². The van der Waals surface area contributed by atoms with Crippen molar-refractivity contribution in [2.24, 2.45) is 0 Å². The van der Waals surface area contributed by atoms with Gasteiger partial charge in [0, 0.05) is 21.2 Å². The smallest absolute Gasteiger partial charge is 0.417 e. The predicted molar refractivity (Wildman–Crippen MR) is 102 cm³/mol. The molecule has 3 aromatic carbocycles. The maximum atomic E-state index is 13.1. The summed E-state index contributed by atoms with van der Waals surface area (Å²) in [6, 6.07) is 15.8. The molecule has 0 bridgehead atoms. The molecule has 0 atom stereocenters. The Hall–Kier alpha value is -3.13. The van der Waals surface area contributed by atoms with Crippen LogP contribution in [0.3, 0.4) is 0 Å². The Kier molecular flexibility index (Phi) is 5.51. The van der Waals surface area contributed by atoms with Crippen molar-refractivity contribution in [1.82, 2.24) is 0 Å². The second-order valence-corrected chi connectivity index (χ2v) is 6.96. The molecule has 0 aliphatic heterocycles. The van der Waals surface area contributed by atoms with Crippen LogP contribution in [0.25, 0.3) is 0 Å². The Labute approximate surface area is 163 Å². The summed E-state index contributed by atoms with van der Waals surface area (Å²) in [5.41, 5.74) is 5.20. The van der Waals surface area contributed by atoms with E-state index in [1.807, 2.05) is 0 Å². The van der Waals surface area contributed by atoms with Crippen LogP contribution in [0.5, 0.6) is 5.75 Å². The average molecular weight is 404 g/mol. The fraction of sp³-hybridized carbons (Fsp3) is 0.0500. The van der Waals surface area contributed by atoms with Crippen LogP contribution in [-0.2, 0) is 6.18 Å². The Morgan fingerprint density at radius 1 is 1.00 bits per heavy atom. The van der Waals surface area contributed by atoms with Gasteiger partial charge in [-0.05, 0) is 54.6 Å². The molecule has 28 heavy (non-hydrogen) atoms. The molecule has 0 radical (unpaired) electrons. The number of nitrogen functional groups attached to an aromatic ring is 1. The number of halogens is 3. The van der Waals surface area contributed by atoms with Crippen molar-refractivity contribution >= 4 is 29.0 Å². The first-order valence-electron chi connectivity index (χ1n) is 8.08. The third-order valence-electron chi connectivity index (χ3n) is 3.81. The first kappa shape index (κ1) is 19.6. The lowest BCUT2D eigenvalue weighted by Gasteiger charge is -2.13. The maximum Gasteiger partial charge on any atom is 0.417 e. The van der Waals surface area contributed by atoms with Gasteiger partial charge < -0.3 is 16.2 Å². The van der Waals surface area contributed by atoms with Gasteiger partial charge in [0.05, 0.1) is 11.1 Å². The summed E-state index contributed by atoms with van der Waals surface area (Å²) in [6.07, 6.45) is -4.63. The molecular formula is C20H15F3N2O2S. The molecule has 1 amide bonds. The van der Waals surface area contributed by atoms with Crippen molar-refractivity contribution in [1.29, 1.82) is 0 Å². The highest BCUT2D eigenvalue weighted by molar-refractivity contribution is 7.99. The van der Waals surface area contributed by atoms with E-state index in [0.717, 1.165) is 17.0 Å². The molecule has 0 aliphatic rings. The van der Waals surface area contributed by atoms with Gasteiger partial charge in [-0.1, -0.05) is 23.9 Å². The number of phenolic OH excluding ortho intramolecular Hbond substituents is 1. The highest BCUT2D eigenvalue weighted by Crippen LogP contribution is 2.35.